The van der Waals surface area contributed by atoms with E-state index in [1.165, 1.54) is 22.1 Å². The largest absolute Gasteiger partial charge is 0.308 e. The standard InChI is InChI=1S/C12H22N2S2/c1-9(2)11-7-14-12(16-11)8-13-10(3)5-6-15-4/h7,9-10,13H,5-6,8H2,1-4H3. The maximum absolute atomic E-state index is 4.44. The highest BCUT2D eigenvalue weighted by Gasteiger charge is 2.06. The Labute approximate surface area is 107 Å². The van der Waals surface area contributed by atoms with Gasteiger partial charge in [0.1, 0.15) is 5.01 Å². The summed E-state index contributed by atoms with van der Waals surface area (Å²) in [6, 6.07) is 0.582. The molecule has 0 spiro atoms. The third-order valence-electron chi connectivity index (χ3n) is 2.50. The van der Waals surface area contributed by atoms with Crippen molar-refractivity contribution in [1.29, 1.82) is 0 Å². The van der Waals surface area contributed by atoms with Crippen LogP contribution >= 0.6 is 23.1 Å². The number of thiazole rings is 1. The second kappa shape index (κ2) is 7.30. The molecule has 1 aromatic rings. The molecule has 0 saturated heterocycles. The van der Waals surface area contributed by atoms with Crippen LogP contribution in [-0.2, 0) is 6.54 Å². The molecular weight excluding hydrogens is 236 g/mol. The van der Waals surface area contributed by atoms with Crippen molar-refractivity contribution in [2.75, 3.05) is 12.0 Å². The zero-order valence-electron chi connectivity index (χ0n) is 10.6. The van der Waals surface area contributed by atoms with Crippen molar-refractivity contribution >= 4 is 23.1 Å². The average molecular weight is 258 g/mol. The van der Waals surface area contributed by atoms with Crippen molar-refractivity contribution in [3.8, 4) is 0 Å². The fourth-order valence-corrected chi connectivity index (χ4v) is 2.79. The third-order valence-corrected chi connectivity index (χ3v) is 4.44. The molecular formula is C12H22N2S2. The van der Waals surface area contributed by atoms with Crippen LogP contribution in [0.5, 0.6) is 0 Å². The SMILES string of the molecule is CSCCC(C)NCc1ncc(C(C)C)s1. The van der Waals surface area contributed by atoms with Crippen LogP contribution in [0, 0.1) is 0 Å². The highest BCUT2D eigenvalue weighted by Crippen LogP contribution is 2.21. The van der Waals surface area contributed by atoms with Crippen LogP contribution in [0.3, 0.4) is 0 Å². The Morgan fingerprint density at radius 1 is 1.44 bits per heavy atom. The molecule has 0 radical (unpaired) electrons. The topological polar surface area (TPSA) is 24.9 Å². The van der Waals surface area contributed by atoms with Gasteiger partial charge in [0, 0.05) is 23.7 Å². The first-order valence-electron chi connectivity index (χ1n) is 5.80. The van der Waals surface area contributed by atoms with Crippen molar-refractivity contribution < 1.29 is 0 Å². The molecule has 16 heavy (non-hydrogen) atoms. The molecule has 0 aromatic carbocycles. The van der Waals surface area contributed by atoms with Crippen LogP contribution in [0.25, 0.3) is 0 Å². The Bertz CT molecular complexity index is 297. The van der Waals surface area contributed by atoms with Crippen LogP contribution in [-0.4, -0.2) is 23.0 Å². The van der Waals surface area contributed by atoms with Gasteiger partial charge in [0.2, 0.25) is 0 Å². The Morgan fingerprint density at radius 3 is 2.75 bits per heavy atom. The lowest BCUT2D eigenvalue weighted by Gasteiger charge is -2.11. The summed E-state index contributed by atoms with van der Waals surface area (Å²) in [6.07, 6.45) is 5.39. The van der Waals surface area contributed by atoms with E-state index in [-0.39, 0.29) is 0 Å². The molecule has 92 valence electrons. The highest BCUT2D eigenvalue weighted by atomic mass is 32.2. The molecule has 0 aliphatic heterocycles. The molecule has 1 aromatic heterocycles. The van der Waals surface area contributed by atoms with Gasteiger partial charge in [-0.2, -0.15) is 11.8 Å². The Hall–Kier alpha value is -0.0600. The Morgan fingerprint density at radius 2 is 2.19 bits per heavy atom. The molecule has 1 atom stereocenters. The zero-order chi connectivity index (χ0) is 12.0. The van der Waals surface area contributed by atoms with E-state index < -0.39 is 0 Å². The Balaban J connectivity index is 2.31. The van der Waals surface area contributed by atoms with Crippen molar-refractivity contribution in [2.45, 2.75) is 45.7 Å². The van der Waals surface area contributed by atoms with E-state index in [0.717, 1.165) is 6.54 Å². The summed E-state index contributed by atoms with van der Waals surface area (Å²) in [4.78, 5) is 5.82. The summed E-state index contributed by atoms with van der Waals surface area (Å²) >= 11 is 3.73. The molecule has 0 saturated carbocycles. The summed E-state index contributed by atoms with van der Waals surface area (Å²) < 4.78 is 0. The van der Waals surface area contributed by atoms with E-state index >= 15 is 0 Å². The smallest absolute Gasteiger partial charge is 0.107 e. The van der Waals surface area contributed by atoms with Crippen molar-refractivity contribution in [3.05, 3.63) is 16.1 Å². The van der Waals surface area contributed by atoms with E-state index in [9.17, 15) is 0 Å². The van der Waals surface area contributed by atoms with Crippen LogP contribution in [0.15, 0.2) is 6.20 Å². The van der Waals surface area contributed by atoms with Crippen molar-refractivity contribution in [1.82, 2.24) is 10.3 Å². The normalized spacial score (nSPS) is 13.3. The number of hydrogen-bond donors (Lipinski definition) is 1. The van der Waals surface area contributed by atoms with Gasteiger partial charge in [0.05, 0.1) is 0 Å². The minimum absolute atomic E-state index is 0.582. The van der Waals surface area contributed by atoms with E-state index in [4.69, 9.17) is 0 Å². The molecule has 1 N–H and O–H groups in total. The first kappa shape index (κ1) is 14.0. The first-order valence-corrected chi connectivity index (χ1v) is 8.01. The van der Waals surface area contributed by atoms with Crippen LogP contribution in [0.4, 0.5) is 0 Å². The summed E-state index contributed by atoms with van der Waals surface area (Å²) in [5, 5.41) is 4.73. The monoisotopic (exact) mass is 258 g/mol. The number of nitrogens with zero attached hydrogens (tertiary/aromatic N) is 1. The molecule has 1 unspecified atom stereocenters. The number of rotatable bonds is 7. The summed E-state index contributed by atoms with van der Waals surface area (Å²) in [5.41, 5.74) is 0. The molecule has 4 heteroatoms. The van der Waals surface area contributed by atoms with Gasteiger partial charge in [-0.05, 0) is 31.3 Å². The average Bonchev–Trinajstić information content (AvgIpc) is 2.72. The fourth-order valence-electron chi connectivity index (χ4n) is 1.33. The summed E-state index contributed by atoms with van der Waals surface area (Å²) in [5.74, 6) is 1.82. The van der Waals surface area contributed by atoms with Gasteiger partial charge in [-0.1, -0.05) is 13.8 Å². The van der Waals surface area contributed by atoms with Gasteiger partial charge < -0.3 is 5.32 Å². The molecule has 1 heterocycles. The molecule has 0 fully saturated rings. The maximum atomic E-state index is 4.44. The van der Waals surface area contributed by atoms with Crippen LogP contribution in [0.2, 0.25) is 0 Å². The van der Waals surface area contributed by atoms with Crippen molar-refractivity contribution in [3.63, 3.8) is 0 Å². The highest BCUT2D eigenvalue weighted by molar-refractivity contribution is 7.98. The van der Waals surface area contributed by atoms with Crippen LogP contribution < -0.4 is 5.32 Å². The van der Waals surface area contributed by atoms with Gasteiger partial charge in [0.25, 0.3) is 0 Å². The predicted molar refractivity (Wildman–Crippen MR) is 75.5 cm³/mol. The zero-order valence-corrected chi connectivity index (χ0v) is 12.3. The van der Waals surface area contributed by atoms with Gasteiger partial charge >= 0.3 is 0 Å². The number of nitrogens with one attached hydrogen (secondary N) is 1. The minimum atomic E-state index is 0.582. The fraction of sp³-hybridized carbons (Fsp3) is 0.750. The first-order chi connectivity index (χ1) is 7.63. The van der Waals surface area contributed by atoms with Gasteiger partial charge in [-0.15, -0.1) is 11.3 Å². The predicted octanol–water partition coefficient (Wildman–Crippen LogP) is 3.50. The number of aromatic nitrogens is 1. The van der Waals surface area contributed by atoms with Gasteiger partial charge in [-0.3, -0.25) is 0 Å². The lowest BCUT2D eigenvalue weighted by Crippen LogP contribution is -2.25. The molecule has 0 amide bonds. The molecule has 2 nitrogen and oxygen atoms in total. The number of thioether (sulfide) groups is 1. The molecule has 0 aliphatic carbocycles. The second-order valence-corrected chi connectivity index (χ2v) is 6.51. The van der Waals surface area contributed by atoms with E-state index in [1.807, 2.05) is 29.3 Å². The molecule has 0 aliphatic rings. The molecule has 1 rings (SSSR count). The lowest BCUT2D eigenvalue weighted by atomic mass is 10.2. The lowest BCUT2D eigenvalue weighted by molar-refractivity contribution is 0.536. The van der Waals surface area contributed by atoms with E-state index in [0.29, 0.717) is 12.0 Å². The summed E-state index contributed by atoms with van der Waals surface area (Å²) in [7, 11) is 0. The van der Waals surface area contributed by atoms with Crippen LogP contribution in [0.1, 0.15) is 43.0 Å². The second-order valence-electron chi connectivity index (χ2n) is 4.37. The van der Waals surface area contributed by atoms with Gasteiger partial charge in [-0.25, -0.2) is 4.98 Å². The Kier molecular flexibility index (Phi) is 6.39. The molecule has 0 bridgehead atoms. The van der Waals surface area contributed by atoms with Gasteiger partial charge in [0.15, 0.2) is 0 Å². The maximum Gasteiger partial charge on any atom is 0.107 e. The van der Waals surface area contributed by atoms with E-state index in [1.54, 1.807) is 0 Å². The minimum Gasteiger partial charge on any atom is -0.308 e. The third kappa shape index (κ3) is 4.85. The van der Waals surface area contributed by atoms with Crippen molar-refractivity contribution in [2.24, 2.45) is 0 Å². The quantitative estimate of drug-likeness (QED) is 0.810. The van der Waals surface area contributed by atoms with E-state index in [2.05, 4.69) is 37.3 Å². The number of hydrogen-bond acceptors (Lipinski definition) is 4. The summed E-state index contributed by atoms with van der Waals surface area (Å²) in [6.45, 7) is 7.58.